The van der Waals surface area contributed by atoms with E-state index in [1.807, 2.05) is 0 Å². The van der Waals surface area contributed by atoms with Crippen molar-refractivity contribution in [1.82, 2.24) is 19.5 Å². The molecule has 0 radical (unpaired) electrons. The number of rotatable bonds is 4. The molecule has 0 atom stereocenters. The van der Waals surface area contributed by atoms with Gasteiger partial charge < -0.3 is 15.6 Å². The van der Waals surface area contributed by atoms with Gasteiger partial charge >= 0.3 is 6.18 Å². The van der Waals surface area contributed by atoms with E-state index in [-0.39, 0.29) is 28.9 Å². The van der Waals surface area contributed by atoms with Gasteiger partial charge in [0, 0.05) is 19.8 Å². The minimum atomic E-state index is -4.60. The first-order valence-electron chi connectivity index (χ1n) is 7.56. The van der Waals surface area contributed by atoms with E-state index in [9.17, 15) is 17.6 Å². The highest BCUT2D eigenvalue weighted by Gasteiger charge is 2.34. The van der Waals surface area contributed by atoms with Crippen LogP contribution in [0.2, 0.25) is 5.28 Å². The lowest BCUT2D eigenvalue weighted by Gasteiger charge is -2.10. The van der Waals surface area contributed by atoms with Gasteiger partial charge in [-0.15, -0.1) is 0 Å². The maximum atomic E-state index is 14.5. The molecule has 3 rings (SSSR count). The number of nitrogens with zero attached hydrogens (tertiary/aromatic N) is 4. The van der Waals surface area contributed by atoms with Crippen LogP contribution in [0.1, 0.15) is 11.3 Å². The van der Waals surface area contributed by atoms with Gasteiger partial charge in [0.15, 0.2) is 11.5 Å². The molecular weight excluding hydrogens is 388 g/mol. The third-order valence-electron chi connectivity index (χ3n) is 3.69. The zero-order valence-corrected chi connectivity index (χ0v) is 14.6. The lowest BCUT2D eigenvalue weighted by Crippen LogP contribution is -2.06. The van der Waals surface area contributed by atoms with Gasteiger partial charge in [-0.2, -0.15) is 18.2 Å². The summed E-state index contributed by atoms with van der Waals surface area (Å²) in [6.07, 6.45) is -2.46. The number of nitrogens with two attached hydrogens (primary N) is 1. The van der Waals surface area contributed by atoms with Crippen LogP contribution in [0.4, 0.5) is 29.1 Å². The Morgan fingerprint density at radius 2 is 2.00 bits per heavy atom. The smallest absolute Gasteiger partial charge is 0.394 e. The van der Waals surface area contributed by atoms with Crippen LogP contribution in [0.5, 0.6) is 0 Å². The van der Waals surface area contributed by atoms with Gasteiger partial charge in [0.05, 0.1) is 17.4 Å². The van der Waals surface area contributed by atoms with E-state index in [0.29, 0.717) is 11.4 Å². The molecule has 0 amide bonds. The Kier molecular flexibility index (Phi) is 4.92. The normalized spacial score (nSPS) is 11.6. The number of hydrogen-bond acceptors (Lipinski definition) is 5. The lowest BCUT2D eigenvalue weighted by molar-refractivity contribution is -0.140. The molecule has 6 nitrogen and oxygen atoms in total. The fourth-order valence-corrected chi connectivity index (χ4v) is 2.53. The second-order valence-electron chi connectivity index (χ2n) is 5.67. The Labute approximate surface area is 156 Å². The van der Waals surface area contributed by atoms with Crippen molar-refractivity contribution in [3.63, 3.8) is 0 Å². The molecule has 0 aliphatic carbocycles. The predicted octanol–water partition coefficient (Wildman–Crippen LogP) is 3.88. The van der Waals surface area contributed by atoms with Crippen LogP contribution in [-0.2, 0) is 19.8 Å². The van der Waals surface area contributed by atoms with Gasteiger partial charge in [-0.05, 0) is 29.3 Å². The number of aryl methyl sites for hydroxylation is 1. The van der Waals surface area contributed by atoms with E-state index >= 15 is 0 Å². The molecule has 2 heterocycles. The van der Waals surface area contributed by atoms with Crippen LogP contribution in [0.25, 0.3) is 11.4 Å². The Morgan fingerprint density at radius 3 is 2.63 bits per heavy atom. The summed E-state index contributed by atoms with van der Waals surface area (Å²) in [5.41, 5.74) is 5.38. The topological polar surface area (TPSA) is 81.7 Å². The quantitative estimate of drug-likeness (QED) is 0.513. The van der Waals surface area contributed by atoms with Crippen LogP contribution < -0.4 is 11.1 Å². The maximum absolute atomic E-state index is 14.5. The molecule has 3 aromatic rings. The molecule has 0 aliphatic heterocycles. The Morgan fingerprint density at radius 1 is 1.26 bits per heavy atom. The Hall–Kier alpha value is -2.88. The van der Waals surface area contributed by atoms with Gasteiger partial charge in [-0.1, -0.05) is 6.07 Å². The predicted molar refractivity (Wildman–Crippen MR) is 92.4 cm³/mol. The first-order chi connectivity index (χ1) is 12.6. The SMILES string of the molecule is Cn1cc(C(F)(F)F)nc1-c1ccc(CNc2nc(Cl)ncc2N)cc1F. The zero-order valence-electron chi connectivity index (χ0n) is 13.8. The third-order valence-corrected chi connectivity index (χ3v) is 3.87. The van der Waals surface area contributed by atoms with E-state index < -0.39 is 17.7 Å². The molecule has 0 aliphatic rings. The third kappa shape index (κ3) is 4.11. The Balaban J connectivity index is 1.82. The van der Waals surface area contributed by atoms with Gasteiger partial charge in [-0.3, -0.25) is 0 Å². The van der Waals surface area contributed by atoms with Crippen molar-refractivity contribution in [3.8, 4) is 11.4 Å². The van der Waals surface area contributed by atoms with Crippen molar-refractivity contribution in [2.45, 2.75) is 12.7 Å². The van der Waals surface area contributed by atoms with Crippen molar-refractivity contribution in [1.29, 1.82) is 0 Å². The fourth-order valence-electron chi connectivity index (χ4n) is 2.40. The molecule has 0 unspecified atom stereocenters. The van der Waals surface area contributed by atoms with Crippen LogP contribution >= 0.6 is 11.6 Å². The summed E-state index contributed by atoms with van der Waals surface area (Å²) in [5.74, 6) is -0.532. The number of alkyl halides is 3. The minimum absolute atomic E-state index is 0.00322. The first kappa shape index (κ1) is 18.9. The molecule has 11 heteroatoms. The van der Waals surface area contributed by atoms with E-state index in [0.717, 1.165) is 10.8 Å². The molecule has 0 saturated carbocycles. The molecular formula is C16H13ClF4N6. The first-order valence-corrected chi connectivity index (χ1v) is 7.94. The highest BCUT2D eigenvalue weighted by molar-refractivity contribution is 6.28. The molecule has 0 bridgehead atoms. The highest BCUT2D eigenvalue weighted by atomic mass is 35.5. The van der Waals surface area contributed by atoms with E-state index in [1.165, 1.54) is 25.4 Å². The number of hydrogen-bond donors (Lipinski definition) is 2. The number of halogens is 5. The second kappa shape index (κ2) is 7.03. The number of aromatic nitrogens is 4. The molecule has 0 saturated heterocycles. The molecule has 142 valence electrons. The summed E-state index contributed by atoms with van der Waals surface area (Å²) < 4.78 is 53.9. The van der Waals surface area contributed by atoms with Gasteiger partial charge in [-0.25, -0.2) is 14.4 Å². The summed E-state index contributed by atoms with van der Waals surface area (Å²) in [7, 11) is 1.37. The lowest BCUT2D eigenvalue weighted by atomic mass is 10.1. The fraction of sp³-hybridized carbons (Fsp3) is 0.188. The van der Waals surface area contributed by atoms with Gasteiger partial charge in [0.2, 0.25) is 5.28 Å². The van der Waals surface area contributed by atoms with Gasteiger partial charge in [0.25, 0.3) is 0 Å². The van der Waals surface area contributed by atoms with Crippen LogP contribution in [-0.4, -0.2) is 19.5 Å². The summed E-state index contributed by atoms with van der Waals surface area (Å²) in [5, 5.41) is 2.90. The summed E-state index contributed by atoms with van der Waals surface area (Å²) in [6.45, 7) is 0.170. The number of anilines is 2. The number of benzene rings is 1. The van der Waals surface area contributed by atoms with Crippen molar-refractivity contribution in [2.24, 2.45) is 7.05 Å². The van der Waals surface area contributed by atoms with Crippen LogP contribution in [0, 0.1) is 5.82 Å². The molecule has 2 aromatic heterocycles. The maximum Gasteiger partial charge on any atom is 0.434 e. The molecule has 0 spiro atoms. The average Bonchev–Trinajstić information content (AvgIpc) is 2.98. The average molecular weight is 401 g/mol. The van der Waals surface area contributed by atoms with E-state index in [1.54, 1.807) is 6.07 Å². The van der Waals surface area contributed by atoms with Crippen molar-refractivity contribution >= 4 is 23.1 Å². The zero-order chi connectivity index (χ0) is 19.8. The number of imidazole rings is 1. The molecule has 27 heavy (non-hydrogen) atoms. The monoisotopic (exact) mass is 400 g/mol. The van der Waals surface area contributed by atoms with E-state index in [2.05, 4.69) is 20.3 Å². The largest absolute Gasteiger partial charge is 0.434 e. The minimum Gasteiger partial charge on any atom is -0.394 e. The second-order valence-corrected chi connectivity index (χ2v) is 6.01. The van der Waals surface area contributed by atoms with Crippen LogP contribution in [0.15, 0.2) is 30.6 Å². The highest BCUT2D eigenvalue weighted by Crippen LogP contribution is 2.31. The number of nitrogen functional groups attached to an aromatic ring is 1. The summed E-state index contributed by atoms with van der Waals surface area (Å²) >= 11 is 5.69. The van der Waals surface area contributed by atoms with Crippen molar-refractivity contribution < 1.29 is 17.6 Å². The summed E-state index contributed by atoms with van der Waals surface area (Å²) in [6, 6.07) is 4.13. The van der Waals surface area contributed by atoms with Crippen molar-refractivity contribution in [2.75, 3.05) is 11.1 Å². The Bertz CT molecular complexity index is 986. The standard InChI is InChI=1S/C16H13ClF4N6/c1-27-7-12(16(19,20)21)25-14(27)9-3-2-8(4-10(9)18)5-23-13-11(22)6-24-15(17)26-13/h2-4,6-7H,5,22H2,1H3,(H,23,24,26). The molecule has 0 fully saturated rings. The van der Waals surface area contributed by atoms with Crippen molar-refractivity contribution in [3.05, 3.63) is 53.0 Å². The summed E-state index contributed by atoms with van der Waals surface area (Å²) in [4.78, 5) is 11.1. The van der Waals surface area contributed by atoms with Gasteiger partial charge in [0.1, 0.15) is 11.6 Å². The number of nitrogens with one attached hydrogen (secondary N) is 1. The van der Waals surface area contributed by atoms with E-state index in [4.69, 9.17) is 17.3 Å². The van der Waals surface area contributed by atoms with Crippen LogP contribution in [0.3, 0.4) is 0 Å². The molecule has 1 aromatic carbocycles. The molecule has 3 N–H and O–H groups in total.